The second-order valence-corrected chi connectivity index (χ2v) is 4.95. The molecule has 112 valence electrons. The summed E-state index contributed by atoms with van der Waals surface area (Å²) in [5.74, 6) is -0.0312. The fourth-order valence-electron chi connectivity index (χ4n) is 2.79. The molecule has 0 fully saturated rings. The number of ether oxygens (including phenoxy) is 1. The number of carbonyl (C=O) groups is 1. The summed E-state index contributed by atoms with van der Waals surface area (Å²) < 4.78 is 5.68. The van der Waals surface area contributed by atoms with Gasteiger partial charge in [0.25, 0.3) is 0 Å². The second-order valence-electron chi connectivity index (χ2n) is 4.95. The first kappa shape index (κ1) is 16.5. The van der Waals surface area contributed by atoms with Crippen LogP contribution >= 0.6 is 0 Å². The first-order chi connectivity index (χ1) is 9.49. The molecule has 0 aromatic heterocycles. The van der Waals surface area contributed by atoms with Gasteiger partial charge in [0.15, 0.2) is 0 Å². The highest BCUT2D eigenvalue weighted by molar-refractivity contribution is 5.69. The minimum absolute atomic E-state index is 0.0543. The highest BCUT2D eigenvalue weighted by Crippen LogP contribution is 2.37. The maximum atomic E-state index is 11.3. The van der Waals surface area contributed by atoms with E-state index >= 15 is 0 Å². The zero-order chi connectivity index (χ0) is 15.2. The topological polar surface area (TPSA) is 49.8 Å². The van der Waals surface area contributed by atoms with Crippen molar-refractivity contribution in [3.05, 3.63) is 29.8 Å². The summed E-state index contributed by atoms with van der Waals surface area (Å²) in [6.07, 6.45) is 0.0543. The standard InChI is InChI=1S/C16H25NO3/c1-5-17(6-2)16(4,12-15(18)19)13-10-8-9-11-14(13)20-7-3/h8-11H,5-7,12H2,1-4H3,(H,18,19). The molecule has 0 amide bonds. The Morgan fingerprint density at radius 2 is 1.85 bits per heavy atom. The van der Waals surface area contributed by atoms with E-state index in [0.717, 1.165) is 24.4 Å². The van der Waals surface area contributed by atoms with Crippen molar-refractivity contribution < 1.29 is 14.6 Å². The lowest BCUT2D eigenvalue weighted by Crippen LogP contribution is -2.45. The minimum Gasteiger partial charge on any atom is -0.494 e. The Labute approximate surface area is 121 Å². The molecule has 0 heterocycles. The van der Waals surface area contributed by atoms with Crippen LogP contribution in [-0.2, 0) is 10.3 Å². The number of rotatable bonds is 8. The number of hydrogen-bond donors (Lipinski definition) is 1. The van der Waals surface area contributed by atoms with E-state index in [1.54, 1.807) is 0 Å². The minimum atomic E-state index is -0.800. The van der Waals surface area contributed by atoms with Crippen LogP contribution in [0.15, 0.2) is 24.3 Å². The van der Waals surface area contributed by atoms with Crippen LogP contribution in [0.25, 0.3) is 0 Å². The van der Waals surface area contributed by atoms with Crippen molar-refractivity contribution in [1.82, 2.24) is 4.90 Å². The average Bonchev–Trinajstić information content (AvgIpc) is 2.40. The molecule has 0 saturated heterocycles. The number of carboxylic acid groups (broad SMARTS) is 1. The zero-order valence-corrected chi connectivity index (χ0v) is 12.8. The predicted molar refractivity (Wildman–Crippen MR) is 80.1 cm³/mol. The van der Waals surface area contributed by atoms with Crippen molar-refractivity contribution in [3.63, 3.8) is 0 Å². The molecular weight excluding hydrogens is 254 g/mol. The number of aliphatic carboxylic acids is 1. The fourth-order valence-corrected chi connectivity index (χ4v) is 2.79. The molecule has 1 aromatic rings. The van der Waals surface area contributed by atoms with E-state index in [4.69, 9.17) is 4.74 Å². The SMILES string of the molecule is CCOc1ccccc1C(C)(CC(=O)O)N(CC)CC. The third kappa shape index (κ3) is 3.51. The lowest BCUT2D eigenvalue weighted by atomic mass is 9.85. The maximum Gasteiger partial charge on any atom is 0.305 e. The maximum absolute atomic E-state index is 11.3. The van der Waals surface area contributed by atoms with Gasteiger partial charge in [-0.2, -0.15) is 0 Å². The van der Waals surface area contributed by atoms with Crippen LogP contribution in [0.5, 0.6) is 5.75 Å². The van der Waals surface area contributed by atoms with Crippen molar-refractivity contribution >= 4 is 5.97 Å². The quantitative estimate of drug-likeness (QED) is 0.794. The smallest absolute Gasteiger partial charge is 0.305 e. The summed E-state index contributed by atoms with van der Waals surface area (Å²) in [6, 6.07) is 7.72. The molecule has 0 spiro atoms. The van der Waals surface area contributed by atoms with Gasteiger partial charge < -0.3 is 9.84 Å². The highest BCUT2D eigenvalue weighted by atomic mass is 16.5. The summed E-state index contributed by atoms with van der Waals surface area (Å²) in [5.41, 5.74) is 0.370. The van der Waals surface area contributed by atoms with Crippen LogP contribution in [0.4, 0.5) is 0 Å². The van der Waals surface area contributed by atoms with Crippen LogP contribution in [0.1, 0.15) is 39.7 Å². The van der Waals surface area contributed by atoms with Gasteiger partial charge in [0, 0.05) is 5.56 Å². The Morgan fingerprint density at radius 3 is 2.35 bits per heavy atom. The van der Waals surface area contributed by atoms with Crippen molar-refractivity contribution in [1.29, 1.82) is 0 Å². The Kier molecular flexibility index (Phi) is 6.02. The molecule has 4 nitrogen and oxygen atoms in total. The Hall–Kier alpha value is -1.55. The molecule has 0 radical (unpaired) electrons. The molecule has 0 aliphatic heterocycles. The molecule has 0 saturated carbocycles. The number of hydrogen-bond acceptors (Lipinski definition) is 3. The van der Waals surface area contributed by atoms with Crippen molar-refractivity contribution in [2.75, 3.05) is 19.7 Å². The van der Waals surface area contributed by atoms with Crippen LogP contribution < -0.4 is 4.74 Å². The zero-order valence-electron chi connectivity index (χ0n) is 12.8. The van der Waals surface area contributed by atoms with E-state index in [2.05, 4.69) is 4.90 Å². The summed E-state index contributed by atoms with van der Waals surface area (Å²) in [7, 11) is 0. The van der Waals surface area contributed by atoms with E-state index in [9.17, 15) is 9.90 Å². The largest absolute Gasteiger partial charge is 0.494 e. The van der Waals surface area contributed by atoms with E-state index in [-0.39, 0.29) is 6.42 Å². The predicted octanol–water partition coefficient (Wildman–Crippen LogP) is 3.12. The monoisotopic (exact) mass is 279 g/mol. The molecule has 1 aromatic carbocycles. The molecule has 20 heavy (non-hydrogen) atoms. The van der Waals surface area contributed by atoms with E-state index < -0.39 is 11.5 Å². The normalized spacial score (nSPS) is 14.1. The lowest BCUT2D eigenvalue weighted by Gasteiger charge is -2.40. The first-order valence-electron chi connectivity index (χ1n) is 7.18. The number of para-hydroxylation sites is 1. The van der Waals surface area contributed by atoms with E-state index in [1.165, 1.54) is 0 Å². The summed E-state index contributed by atoms with van der Waals surface area (Å²) in [6.45, 7) is 10.2. The van der Waals surface area contributed by atoms with Crippen LogP contribution in [0.3, 0.4) is 0 Å². The second kappa shape index (κ2) is 7.29. The average molecular weight is 279 g/mol. The molecule has 1 N–H and O–H groups in total. The van der Waals surface area contributed by atoms with Gasteiger partial charge in [-0.15, -0.1) is 0 Å². The summed E-state index contributed by atoms with van der Waals surface area (Å²) in [4.78, 5) is 13.5. The van der Waals surface area contributed by atoms with Crippen LogP contribution in [0, 0.1) is 0 Å². The molecule has 1 atom stereocenters. The van der Waals surface area contributed by atoms with Gasteiger partial charge in [-0.25, -0.2) is 0 Å². The van der Waals surface area contributed by atoms with Gasteiger partial charge in [0.2, 0.25) is 0 Å². The molecule has 1 rings (SSSR count). The Morgan fingerprint density at radius 1 is 1.25 bits per heavy atom. The molecular formula is C16H25NO3. The van der Waals surface area contributed by atoms with Crippen molar-refractivity contribution in [2.45, 2.75) is 39.7 Å². The van der Waals surface area contributed by atoms with Gasteiger partial charge in [-0.3, -0.25) is 9.69 Å². The van der Waals surface area contributed by atoms with Gasteiger partial charge in [0.05, 0.1) is 18.6 Å². The molecule has 0 aliphatic carbocycles. The summed E-state index contributed by atoms with van der Waals surface area (Å²) in [5, 5.41) is 9.30. The number of carboxylic acids is 1. The lowest BCUT2D eigenvalue weighted by molar-refractivity contribution is -0.140. The van der Waals surface area contributed by atoms with Gasteiger partial charge in [0.1, 0.15) is 5.75 Å². The molecule has 0 aliphatic rings. The van der Waals surface area contributed by atoms with Crippen LogP contribution in [-0.4, -0.2) is 35.7 Å². The third-order valence-corrected chi connectivity index (χ3v) is 3.72. The Bertz CT molecular complexity index is 443. The Balaban J connectivity index is 3.32. The van der Waals surface area contributed by atoms with Crippen molar-refractivity contribution in [3.8, 4) is 5.75 Å². The van der Waals surface area contributed by atoms with E-state index in [1.807, 2.05) is 52.0 Å². The number of nitrogens with zero attached hydrogens (tertiary/aromatic N) is 1. The van der Waals surface area contributed by atoms with Crippen LogP contribution in [0.2, 0.25) is 0 Å². The van der Waals surface area contributed by atoms with Gasteiger partial charge >= 0.3 is 5.97 Å². The summed E-state index contributed by atoms with van der Waals surface area (Å²) >= 11 is 0. The van der Waals surface area contributed by atoms with E-state index in [0.29, 0.717) is 6.61 Å². The fraction of sp³-hybridized carbons (Fsp3) is 0.562. The van der Waals surface area contributed by atoms with Crippen molar-refractivity contribution in [2.24, 2.45) is 0 Å². The molecule has 4 heteroatoms. The highest BCUT2D eigenvalue weighted by Gasteiger charge is 2.36. The molecule has 0 bridgehead atoms. The third-order valence-electron chi connectivity index (χ3n) is 3.72. The van der Waals surface area contributed by atoms with Gasteiger partial charge in [-0.05, 0) is 33.0 Å². The molecule has 1 unspecified atom stereocenters. The number of benzene rings is 1. The van der Waals surface area contributed by atoms with Gasteiger partial charge in [-0.1, -0.05) is 32.0 Å². The first-order valence-corrected chi connectivity index (χ1v) is 7.18.